The van der Waals surface area contributed by atoms with Gasteiger partial charge in [0.05, 0.1) is 0 Å². The monoisotopic (exact) mass is 279 g/mol. The van der Waals surface area contributed by atoms with E-state index >= 15 is 0 Å². The van der Waals surface area contributed by atoms with Gasteiger partial charge >= 0.3 is 0 Å². The first kappa shape index (κ1) is 14.0. The van der Waals surface area contributed by atoms with Crippen molar-refractivity contribution in [1.82, 2.24) is 5.32 Å². The molecule has 1 aromatic carbocycles. The number of ether oxygens (including phenoxy) is 1. The summed E-state index contributed by atoms with van der Waals surface area (Å²) < 4.78 is 19.5. The van der Waals surface area contributed by atoms with Crippen LogP contribution in [0.15, 0.2) is 35.0 Å². The molecular weight excluding hydrogens is 261 g/mol. The van der Waals surface area contributed by atoms with Crippen molar-refractivity contribution in [2.24, 2.45) is 0 Å². The van der Waals surface area contributed by atoms with Gasteiger partial charge in [-0.2, -0.15) is 11.3 Å². The fourth-order valence-electron chi connectivity index (χ4n) is 1.91. The minimum Gasteiger partial charge on any atom is -0.489 e. The second kappa shape index (κ2) is 6.68. The molecule has 0 saturated carbocycles. The van der Waals surface area contributed by atoms with E-state index in [0.29, 0.717) is 17.9 Å². The van der Waals surface area contributed by atoms with Gasteiger partial charge in [0.1, 0.15) is 18.2 Å². The third kappa shape index (κ3) is 3.78. The van der Waals surface area contributed by atoms with Crippen molar-refractivity contribution in [1.29, 1.82) is 0 Å². The van der Waals surface area contributed by atoms with Crippen LogP contribution in [0.2, 0.25) is 0 Å². The summed E-state index contributed by atoms with van der Waals surface area (Å²) in [6.45, 7) is 5.25. The fourth-order valence-corrected chi connectivity index (χ4v) is 2.56. The third-order valence-electron chi connectivity index (χ3n) is 2.93. The molecule has 2 aromatic rings. The summed E-state index contributed by atoms with van der Waals surface area (Å²) >= 11 is 1.63. The molecule has 2 nitrogen and oxygen atoms in total. The highest BCUT2D eigenvalue weighted by Gasteiger charge is 2.10. The predicted octanol–water partition coefficient (Wildman–Crippen LogP) is 4.14. The van der Waals surface area contributed by atoms with Gasteiger partial charge in [0.2, 0.25) is 0 Å². The second-order valence-electron chi connectivity index (χ2n) is 4.38. The second-order valence-corrected chi connectivity index (χ2v) is 5.16. The summed E-state index contributed by atoms with van der Waals surface area (Å²) in [6.07, 6.45) is 0. The summed E-state index contributed by atoms with van der Waals surface area (Å²) in [7, 11) is 0. The Kier molecular flexibility index (Phi) is 4.93. The van der Waals surface area contributed by atoms with Crippen molar-refractivity contribution in [3.63, 3.8) is 0 Å². The van der Waals surface area contributed by atoms with Gasteiger partial charge in [-0.1, -0.05) is 13.0 Å². The van der Waals surface area contributed by atoms with Crippen LogP contribution >= 0.6 is 11.3 Å². The van der Waals surface area contributed by atoms with E-state index in [1.54, 1.807) is 17.4 Å². The van der Waals surface area contributed by atoms with Crippen molar-refractivity contribution in [3.05, 3.63) is 52.0 Å². The topological polar surface area (TPSA) is 21.3 Å². The molecule has 0 aliphatic rings. The molecule has 0 aliphatic heterocycles. The molecule has 1 aromatic heterocycles. The third-order valence-corrected chi connectivity index (χ3v) is 3.67. The lowest BCUT2D eigenvalue weighted by molar-refractivity contribution is 0.304. The minimum atomic E-state index is -0.226. The number of thiophene rings is 1. The van der Waals surface area contributed by atoms with E-state index in [0.717, 1.165) is 12.1 Å². The van der Waals surface area contributed by atoms with Crippen molar-refractivity contribution in [3.8, 4) is 5.75 Å². The van der Waals surface area contributed by atoms with Gasteiger partial charge in [-0.3, -0.25) is 0 Å². The van der Waals surface area contributed by atoms with Crippen LogP contribution in [0.4, 0.5) is 4.39 Å². The van der Waals surface area contributed by atoms with Crippen LogP contribution in [0.5, 0.6) is 5.75 Å². The SMILES string of the molecule is CCNC(C)c1ccc(OCc2ccsc2)cc1F. The highest BCUT2D eigenvalue weighted by molar-refractivity contribution is 7.07. The number of nitrogens with one attached hydrogen (secondary N) is 1. The van der Waals surface area contributed by atoms with Crippen LogP contribution in [0.3, 0.4) is 0 Å². The molecule has 19 heavy (non-hydrogen) atoms. The Labute approximate surface area is 117 Å². The Bertz CT molecular complexity index is 513. The van der Waals surface area contributed by atoms with Gasteiger partial charge in [0.25, 0.3) is 0 Å². The molecule has 0 saturated heterocycles. The van der Waals surface area contributed by atoms with Gasteiger partial charge < -0.3 is 10.1 Å². The van der Waals surface area contributed by atoms with E-state index in [1.165, 1.54) is 6.07 Å². The van der Waals surface area contributed by atoms with Crippen molar-refractivity contribution in [2.75, 3.05) is 6.54 Å². The molecule has 1 heterocycles. The highest BCUT2D eigenvalue weighted by Crippen LogP contribution is 2.22. The van der Waals surface area contributed by atoms with E-state index in [1.807, 2.05) is 36.7 Å². The standard InChI is InChI=1S/C15H18FNOS/c1-3-17-11(2)14-5-4-13(8-15(14)16)18-9-12-6-7-19-10-12/h4-8,10-11,17H,3,9H2,1-2H3. The van der Waals surface area contributed by atoms with Crippen LogP contribution in [-0.2, 0) is 6.61 Å². The highest BCUT2D eigenvalue weighted by atomic mass is 32.1. The lowest BCUT2D eigenvalue weighted by Gasteiger charge is -2.14. The van der Waals surface area contributed by atoms with Crippen LogP contribution in [0.1, 0.15) is 31.0 Å². The number of benzene rings is 1. The normalized spacial score (nSPS) is 12.4. The Morgan fingerprint density at radius 3 is 2.84 bits per heavy atom. The molecule has 1 unspecified atom stereocenters. The molecule has 0 amide bonds. The molecule has 0 aliphatic carbocycles. The van der Waals surface area contributed by atoms with Gasteiger partial charge in [0, 0.05) is 17.7 Å². The summed E-state index contributed by atoms with van der Waals surface area (Å²) in [5.74, 6) is 0.340. The summed E-state index contributed by atoms with van der Waals surface area (Å²) in [5.41, 5.74) is 1.78. The van der Waals surface area contributed by atoms with Crippen LogP contribution in [0.25, 0.3) is 0 Å². The van der Waals surface area contributed by atoms with E-state index in [2.05, 4.69) is 5.32 Å². The van der Waals surface area contributed by atoms with Gasteiger partial charge in [-0.25, -0.2) is 4.39 Å². The first-order chi connectivity index (χ1) is 9.20. The maximum atomic E-state index is 14.0. The zero-order valence-electron chi connectivity index (χ0n) is 11.2. The molecule has 0 bridgehead atoms. The number of hydrogen-bond acceptors (Lipinski definition) is 3. The van der Waals surface area contributed by atoms with Gasteiger partial charge in [0.15, 0.2) is 0 Å². The largest absolute Gasteiger partial charge is 0.489 e. The Balaban J connectivity index is 2.02. The maximum Gasteiger partial charge on any atom is 0.131 e. The lowest BCUT2D eigenvalue weighted by Crippen LogP contribution is -2.18. The summed E-state index contributed by atoms with van der Waals surface area (Å²) in [4.78, 5) is 0. The first-order valence-corrected chi connectivity index (χ1v) is 7.31. The number of rotatable bonds is 6. The Morgan fingerprint density at radius 2 is 2.21 bits per heavy atom. The van der Waals surface area contributed by atoms with Gasteiger partial charge in [-0.05, 0) is 41.9 Å². The molecule has 102 valence electrons. The molecule has 4 heteroatoms. The maximum absolute atomic E-state index is 14.0. The molecule has 0 fully saturated rings. The van der Waals surface area contributed by atoms with Crippen LogP contribution < -0.4 is 10.1 Å². The Hall–Kier alpha value is -1.39. The molecule has 0 spiro atoms. The average Bonchev–Trinajstić information content (AvgIpc) is 2.89. The van der Waals surface area contributed by atoms with E-state index in [4.69, 9.17) is 4.74 Å². The molecule has 2 rings (SSSR count). The molecule has 1 N–H and O–H groups in total. The Morgan fingerprint density at radius 1 is 1.37 bits per heavy atom. The smallest absolute Gasteiger partial charge is 0.131 e. The fraction of sp³-hybridized carbons (Fsp3) is 0.333. The lowest BCUT2D eigenvalue weighted by atomic mass is 10.1. The average molecular weight is 279 g/mol. The zero-order valence-corrected chi connectivity index (χ0v) is 12.0. The van der Waals surface area contributed by atoms with Crippen LogP contribution in [-0.4, -0.2) is 6.54 Å². The number of hydrogen-bond donors (Lipinski definition) is 1. The van der Waals surface area contributed by atoms with E-state index in [-0.39, 0.29) is 11.9 Å². The molecular formula is C15H18FNOS. The predicted molar refractivity (Wildman–Crippen MR) is 77.1 cm³/mol. The van der Waals surface area contributed by atoms with Gasteiger partial charge in [-0.15, -0.1) is 0 Å². The van der Waals surface area contributed by atoms with Crippen LogP contribution in [0, 0.1) is 5.82 Å². The van der Waals surface area contributed by atoms with Crippen molar-refractivity contribution < 1.29 is 9.13 Å². The van der Waals surface area contributed by atoms with Crippen molar-refractivity contribution >= 4 is 11.3 Å². The van der Waals surface area contributed by atoms with Crippen molar-refractivity contribution in [2.45, 2.75) is 26.5 Å². The summed E-state index contributed by atoms with van der Waals surface area (Å²) in [5, 5.41) is 7.22. The zero-order chi connectivity index (χ0) is 13.7. The summed E-state index contributed by atoms with van der Waals surface area (Å²) in [6, 6.07) is 7.07. The molecule has 1 atom stereocenters. The minimum absolute atomic E-state index is 0.0101. The van der Waals surface area contributed by atoms with E-state index < -0.39 is 0 Å². The first-order valence-electron chi connectivity index (χ1n) is 6.37. The number of halogens is 1. The molecule has 0 radical (unpaired) electrons. The quantitative estimate of drug-likeness (QED) is 0.858. The van der Waals surface area contributed by atoms with E-state index in [9.17, 15) is 4.39 Å².